The lowest BCUT2D eigenvalue weighted by molar-refractivity contribution is -0.108. The molecule has 1 aliphatic rings. The van der Waals surface area contributed by atoms with Crippen LogP contribution in [0.5, 0.6) is 0 Å². The van der Waals surface area contributed by atoms with Crippen molar-refractivity contribution in [2.75, 3.05) is 6.26 Å². The first kappa shape index (κ1) is 17.3. The number of carbonyl (C=O) groups excluding carboxylic acids is 1. The van der Waals surface area contributed by atoms with Crippen LogP contribution in [0.2, 0.25) is 0 Å². The molecule has 1 rings (SSSR count). The third-order valence-electron chi connectivity index (χ3n) is 3.11. The van der Waals surface area contributed by atoms with E-state index in [9.17, 15) is 17.4 Å². The van der Waals surface area contributed by atoms with Crippen LogP contribution in [0.4, 0.5) is 0 Å². The van der Waals surface area contributed by atoms with E-state index in [4.69, 9.17) is 11.6 Å². The quantitative estimate of drug-likeness (QED) is 0.571. The molecule has 0 aliphatic heterocycles. The van der Waals surface area contributed by atoms with Crippen molar-refractivity contribution < 1.29 is 17.4 Å². The molecule has 0 aromatic heterocycles. The van der Waals surface area contributed by atoms with Crippen molar-refractivity contribution in [2.24, 2.45) is 11.3 Å². The van der Waals surface area contributed by atoms with Crippen LogP contribution >= 0.6 is 11.6 Å². The molecule has 0 heterocycles. The minimum atomic E-state index is -3.57. The summed E-state index contributed by atoms with van der Waals surface area (Å²) in [5.41, 5.74) is 0.0733. The molecule has 7 heteroatoms. The van der Waals surface area contributed by atoms with E-state index in [1.807, 2.05) is 20.8 Å². The van der Waals surface area contributed by atoms with E-state index in [-0.39, 0.29) is 21.7 Å². The molecule has 0 saturated carbocycles. The Hall–Kier alpha value is -0.720. The molecule has 1 unspecified atom stereocenters. The highest BCUT2D eigenvalue weighted by atomic mass is 35.5. The Balaban J connectivity index is 3.89. The summed E-state index contributed by atoms with van der Waals surface area (Å²) >= 11 is 5.72. The Labute approximate surface area is 127 Å². The fourth-order valence-electron chi connectivity index (χ4n) is 2.19. The number of halogens is 1. The van der Waals surface area contributed by atoms with Gasteiger partial charge in [0.25, 0.3) is 0 Å². The maximum absolute atomic E-state index is 12.0. The van der Waals surface area contributed by atoms with Gasteiger partial charge in [-0.2, -0.15) is 0 Å². The van der Waals surface area contributed by atoms with Crippen LogP contribution in [0.15, 0.2) is 22.1 Å². The lowest BCUT2D eigenvalue weighted by Gasteiger charge is -2.32. The number of hydrogen-bond donors (Lipinski definition) is 0. The summed E-state index contributed by atoms with van der Waals surface area (Å²) in [6, 6.07) is 0. The summed E-state index contributed by atoms with van der Waals surface area (Å²) in [4.78, 5) is 11.8. The van der Waals surface area contributed by atoms with Crippen LogP contribution in [-0.4, -0.2) is 29.0 Å². The molecule has 1 aliphatic carbocycles. The summed E-state index contributed by atoms with van der Waals surface area (Å²) in [6.45, 7) is 7.17. The van der Waals surface area contributed by atoms with Crippen LogP contribution in [0.3, 0.4) is 0 Å². The zero-order valence-electron chi connectivity index (χ0n) is 12.0. The molecule has 1 atom stereocenters. The monoisotopic (exact) mass is 336 g/mol. The third-order valence-corrected chi connectivity index (χ3v) is 5.18. The molecule has 0 aromatic carbocycles. The highest BCUT2D eigenvalue weighted by Gasteiger charge is 2.37. The average molecular weight is 337 g/mol. The Morgan fingerprint density at radius 2 is 1.85 bits per heavy atom. The molecule has 0 spiro atoms. The zero-order chi connectivity index (χ0) is 15.9. The van der Waals surface area contributed by atoms with E-state index in [0.29, 0.717) is 10.4 Å². The van der Waals surface area contributed by atoms with E-state index in [0.717, 1.165) is 6.26 Å². The van der Waals surface area contributed by atoms with E-state index >= 15 is 0 Å². The molecule has 0 N–H and O–H groups in total. The maximum Gasteiger partial charge on any atom is 0.249 e. The van der Waals surface area contributed by atoms with Gasteiger partial charge >= 0.3 is 0 Å². The smallest absolute Gasteiger partial charge is 0.249 e. The van der Waals surface area contributed by atoms with Gasteiger partial charge in [-0.1, -0.05) is 27.7 Å². The van der Waals surface area contributed by atoms with Crippen LogP contribution in [-0.2, 0) is 25.9 Å². The highest BCUT2D eigenvalue weighted by Crippen LogP contribution is 2.39. The van der Waals surface area contributed by atoms with Crippen molar-refractivity contribution in [3.05, 3.63) is 22.1 Å². The standard InChI is InChI=1S/C13H17ClO4S2/c1-7-8(12(14)15)6-9(20(5,17)18)10(11(7)19-16)13(2,3)4/h6-7H,1-5H3. The Bertz CT molecular complexity index is 672. The maximum atomic E-state index is 12.0. The van der Waals surface area contributed by atoms with Gasteiger partial charge in [-0.25, -0.2) is 12.6 Å². The first-order valence-electron chi connectivity index (χ1n) is 5.94. The molecular weight excluding hydrogens is 320 g/mol. The minimum absolute atomic E-state index is 0.00505. The third kappa shape index (κ3) is 3.30. The van der Waals surface area contributed by atoms with E-state index in [1.54, 1.807) is 6.92 Å². The number of sulfone groups is 1. The lowest BCUT2D eigenvalue weighted by Crippen LogP contribution is -2.32. The minimum Gasteiger partial charge on any atom is -0.276 e. The highest BCUT2D eigenvalue weighted by molar-refractivity contribution is 7.94. The predicted octanol–water partition coefficient (Wildman–Crippen LogP) is 2.06. The van der Waals surface area contributed by atoms with E-state index in [1.165, 1.54) is 6.08 Å². The van der Waals surface area contributed by atoms with Crippen LogP contribution in [0.25, 0.3) is 0 Å². The Morgan fingerprint density at radius 3 is 2.15 bits per heavy atom. The molecular formula is C13H17ClO4S2. The van der Waals surface area contributed by atoms with Gasteiger partial charge in [-0.15, -0.1) is 0 Å². The molecule has 0 bridgehead atoms. The number of rotatable bonds is 2. The van der Waals surface area contributed by atoms with Crippen molar-refractivity contribution in [1.82, 2.24) is 0 Å². The van der Waals surface area contributed by atoms with Gasteiger partial charge in [0.15, 0.2) is 9.84 Å². The molecule has 4 nitrogen and oxygen atoms in total. The predicted molar refractivity (Wildman–Crippen MR) is 82.6 cm³/mol. The number of hydrogen-bond acceptors (Lipinski definition) is 4. The Kier molecular flexibility index (Phi) is 4.83. The zero-order valence-corrected chi connectivity index (χ0v) is 14.4. The summed E-state index contributed by atoms with van der Waals surface area (Å²) in [5.74, 6) is -0.498. The molecule has 0 saturated heterocycles. The molecule has 112 valence electrons. The van der Waals surface area contributed by atoms with Crippen LogP contribution < -0.4 is 0 Å². The van der Waals surface area contributed by atoms with Crippen molar-refractivity contribution in [3.8, 4) is 0 Å². The van der Waals surface area contributed by atoms with Crippen molar-refractivity contribution in [1.29, 1.82) is 0 Å². The SMILES string of the molecule is CC1C(C(=O)Cl)=CC(S(C)(=O)=O)=C(C(C)(C)C)C1=S=O. The summed E-state index contributed by atoms with van der Waals surface area (Å²) in [7, 11) is -3.57. The molecule has 0 fully saturated rings. The molecule has 0 amide bonds. The first-order chi connectivity index (χ1) is 8.91. The van der Waals surface area contributed by atoms with Gasteiger partial charge in [0.05, 0.1) is 21.0 Å². The molecule has 20 heavy (non-hydrogen) atoms. The summed E-state index contributed by atoms with van der Waals surface area (Å²) < 4.78 is 35.5. The number of carbonyl (C=O) groups is 1. The van der Waals surface area contributed by atoms with Gasteiger partial charge < -0.3 is 0 Å². The van der Waals surface area contributed by atoms with Crippen LogP contribution in [0.1, 0.15) is 27.7 Å². The number of allylic oxidation sites excluding steroid dienone is 3. The van der Waals surface area contributed by atoms with Gasteiger partial charge in [0.1, 0.15) is 0 Å². The summed E-state index contributed by atoms with van der Waals surface area (Å²) in [5, 5.41) is -0.738. The molecule has 0 aromatic rings. The van der Waals surface area contributed by atoms with Gasteiger partial charge in [-0.05, 0) is 28.7 Å². The Morgan fingerprint density at radius 1 is 1.35 bits per heavy atom. The van der Waals surface area contributed by atoms with Gasteiger partial charge in [-0.3, -0.25) is 4.79 Å². The second-order valence-corrected chi connectivity index (χ2v) is 8.74. The van der Waals surface area contributed by atoms with Gasteiger partial charge in [0.2, 0.25) is 5.24 Å². The first-order valence-corrected chi connectivity index (χ1v) is 8.95. The fourth-order valence-corrected chi connectivity index (χ4v) is 4.37. The van der Waals surface area contributed by atoms with E-state index < -0.39 is 26.4 Å². The lowest BCUT2D eigenvalue weighted by atomic mass is 9.76. The fraction of sp³-hybridized carbons (Fsp3) is 0.538. The van der Waals surface area contributed by atoms with Crippen molar-refractivity contribution >= 4 is 42.8 Å². The second-order valence-electron chi connectivity index (χ2n) is 5.80. The second kappa shape index (κ2) is 5.58. The topological polar surface area (TPSA) is 68.3 Å². The van der Waals surface area contributed by atoms with Gasteiger partial charge in [0, 0.05) is 17.7 Å². The largest absolute Gasteiger partial charge is 0.276 e. The normalized spacial score (nSPS) is 20.8. The van der Waals surface area contributed by atoms with Crippen molar-refractivity contribution in [2.45, 2.75) is 27.7 Å². The van der Waals surface area contributed by atoms with Crippen LogP contribution in [0, 0.1) is 11.3 Å². The molecule has 0 radical (unpaired) electrons. The summed E-state index contributed by atoms with van der Waals surface area (Å²) in [6.07, 6.45) is 2.36. The van der Waals surface area contributed by atoms with E-state index in [2.05, 4.69) is 0 Å². The van der Waals surface area contributed by atoms with Crippen molar-refractivity contribution in [3.63, 3.8) is 0 Å². The average Bonchev–Trinajstić information content (AvgIpc) is 2.24.